The van der Waals surface area contributed by atoms with Crippen molar-refractivity contribution in [3.05, 3.63) is 52.8 Å². The predicted octanol–water partition coefficient (Wildman–Crippen LogP) is 2.45. The van der Waals surface area contributed by atoms with Gasteiger partial charge in [0.05, 0.1) is 19.0 Å². The quantitative estimate of drug-likeness (QED) is 0.744. The number of aryl methyl sites for hydroxylation is 2. The summed E-state index contributed by atoms with van der Waals surface area (Å²) in [4.78, 5) is 16.8. The lowest BCUT2D eigenvalue weighted by atomic mass is 10.1. The molecule has 1 fully saturated rings. The Labute approximate surface area is 155 Å². The minimum absolute atomic E-state index is 0.292. The number of rotatable bonds is 6. The van der Waals surface area contributed by atoms with Gasteiger partial charge in [0.2, 0.25) is 0 Å². The summed E-state index contributed by atoms with van der Waals surface area (Å²) in [6.07, 6.45) is 1.80. The highest BCUT2D eigenvalue weighted by atomic mass is 16.5. The molecule has 1 saturated heterocycles. The number of esters is 1. The van der Waals surface area contributed by atoms with Crippen LogP contribution in [0.2, 0.25) is 0 Å². The Hall–Kier alpha value is -2.18. The van der Waals surface area contributed by atoms with Crippen LogP contribution in [-0.4, -0.2) is 58.3 Å². The maximum absolute atomic E-state index is 11.9. The number of carbonyl (C=O) groups is 1. The van der Waals surface area contributed by atoms with E-state index in [9.17, 15) is 4.79 Å². The van der Waals surface area contributed by atoms with Crippen LogP contribution in [0.5, 0.6) is 0 Å². The van der Waals surface area contributed by atoms with Gasteiger partial charge < -0.3 is 4.74 Å². The Morgan fingerprint density at radius 1 is 1.15 bits per heavy atom. The zero-order chi connectivity index (χ0) is 18.5. The lowest BCUT2D eigenvalue weighted by molar-refractivity contribution is 0.0525. The van der Waals surface area contributed by atoms with Crippen molar-refractivity contribution in [1.82, 2.24) is 19.6 Å². The van der Waals surface area contributed by atoms with Crippen LogP contribution in [0.25, 0.3) is 0 Å². The van der Waals surface area contributed by atoms with Crippen molar-refractivity contribution in [3.8, 4) is 0 Å². The van der Waals surface area contributed by atoms with Crippen LogP contribution in [0, 0.1) is 13.8 Å². The van der Waals surface area contributed by atoms with Crippen molar-refractivity contribution in [2.24, 2.45) is 0 Å². The third kappa shape index (κ3) is 4.71. The fraction of sp³-hybridized carbons (Fsp3) is 0.500. The molecule has 2 heterocycles. The summed E-state index contributed by atoms with van der Waals surface area (Å²) in [6, 6.07) is 8.72. The van der Waals surface area contributed by atoms with Gasteiger partial charge >= 0.3 is 5.97 Å². The van der Waals surface area contributed by atoms with E-state index >= 15 is 0 Å². The minimum Gasteiger partial charge on any atom is -0.462 e. The number of ether oxygens (including phenoxy) is 1. The third-order valence-electron chi connectivity index (χ3n) is 4.74. The maximum Gasteiger partial charge on any atom is 0.341 e. The summed E-state index contributed by atoms with van der Waals surface area (Å²) in [5.41, 5.74) is 3.97. The normalized spacial score (nSPS) is 16.0. The van der Waals surface area contributed by atoms with E-state index in [1.807, 2.05) is 18.5 Å². The molecule has 0 aliphatic carbocycles. The van der Waals surface area contributed by atoms with Crippen LogP contribution in [-0.2, 0) is 18.0 Å². The molecule has 6 heteroatoms. The molecular formula is C20H28N4O2. The van der Waals surface area contributed by atoms with Crippen molar-refractivity contribution >= 4 is 5.97 Å². The molecule has 3 rings (SSSR count). The first-order valence-electron chi connectivity index (χ1n) is 9.26. The fourth-order valence-electron chi connectivity index (χ4n) is 3.36. The Morgan fingerprint density at radius 2 is 1.88 bits per heavy atom. The van der Waals surface area contributed by atoms with Gasteiger partial charge in [-0.25, -0.2) is 4.79 Å². The van der Waals surface area contributed by atoms with Gasteiger partial charge in [-0.15, -0.1) is 0 Å². The van der Waals surface area contributed by atoms with Crippen molar-refractivity contribution in [2.45, 2.75) is 34.0 Å². The first-order chi connectivity index (χ1) is 12.5. The van der Waals surface area contributed by atoms with E-state index in [-0.39, 0.29) is 5.97 Å². The molecule has 0 N–H and O–H groups in total. The molecule has 1 aromatic carbocycles. The Kier molecular flexibility index (Phi) is 6.06. The average Bonchev–Trinajstić information content (AvgIpc) is 2.97. The minimum atomic E-state index is -0.292. The van der Waals surface area contributed by atoms with Gasteiger partial charge in [-0.05, 0) is 26.3 Å². The highest BCUT2D eigenvalue weighted by Crippen LogP contribution is 2.12. The number of nitrogens with zero attached hydrogens (tertiary/aromatic N) is 4. The second kappa shape index (κ2) is 8.47. The molecule has 26 heavy (non-hydrogen) atoms. The van der Waals surface area contributed by atoms with Crippen LogP contribution in [0.15, 0.2) is 30.5 Å². The molecule has 1 aromatic heterocycles. The smallest absolute Gasteiger partial charge is 0.341 e. The largest absolute Gasteiger partial charge is 0.462 e. The number of hydrogen-bond acceptors (Lipinski definition) is 5. The molecule has 1 aliphatic heterocycles. The van der Waals surface area contributed by atoms with E-state index in [0.29, 0.717) is 18.8 Å². The number of carbonyl (C=O) groups excluding carboxylic acids is 1. The Morgan fingerprint density at radius 3 is 2.58 bits per heavy atom. The van der Waals surface area contributed by atoms with Gasteiger partial charge in [0.25, 0.3) is 0 Å². The first-order valence-corrected chi connectivity index (χ1v) is 9.26. The van der Waals surface area contributed by atoms with Crippen molar-refractivity contribution in [1.29, 1.82) is 0 Å². The number of hydrogen-bond donors (Lipinski definition) is 0. The van der Waals surface area contributed by atoms with Gasteiger partial charge in [-0.3, -0.25) is 14.5 Å². The topological polar surface area (TPSA) is 50.6 Å². The van der Waals surface area contributed by atoms with Crippen molar-refractivity contribution in [3.63, 3.8) is 0 Å². The zero-order valence-electron chi connectivity index (χ0n) is 15.9. The molecule has 0 bridgehead atoms. The van der Waals surface area contributed by atoms with Gasteiger partial charge in [0.15, 0.2) is 0 Å². The van der Waals surface area contributed by atoms with Gasteiger partial charge in [0, 0.05) is 38.9 Å². The molecule has 0 saturated carbocycles. The summed E-state index contributed by atoms with van der Waals surface area (Å²) in [5.74, 6) is -0.292. The monoisotopic (exact) mass is 356 g/mol. The van der Waals surface area contributed by atoms with E-state index in [1.54, 1.807) is 6.20 Å². The van der Waals surface area contributed by atoms with Crippen LogP contribution in [0.1, 0.15) is 34.1 Å². The number of benzene rings is 1. The Bertz CT molecular complexity index is 748. The van der Waals surface area contributed by atoms with Gasteiger partial charge in [-0.2, -0.15) is 5.10 Å². The maximum atomic E-state index is 11.9. The molecule has 1 aliphatic rings. The predicted molar refractivity (Wildman–Crippen MR) is 101 cm³/mol. The van der Waals surface area contributed by atoms with Crippen LogP contribution in [0.3, 0.4) is 0 Å². The van der Waals surface area contributed by atoms with Crippen LogP contribution >= 0.6 is 0 Å². The lowest BCUT2D eigenvalue weighted by Crippen LogP contribution is -2.46. The average molecular weight is 356 g/mol. The van der Waals surface area contributed by atoms with E-state index < -0.39 is 0 Å². The molecule has 0 atom stereocenters. The number of aromatic nitrogens is 2. The molecule has 6 nitrogen and oxygen atoms in total. The van der Waals surface area contributed by atoms with E-state index in [4.69, 9.17) is 4.74 Å². The number of piperazine rings is 1. The molecule has 0 radical (unpaired) electrons. The lowest BCUT2D eigenvalue weighted by Gasteiger charge is -2.34. The van der Waals surface area contributed by atoms with E-state index in [1.165, 1.54) is 11.1 Å². The second-order valence-corrected chi connectivity index (χ2v) is 6.91. The summed E-state index contributed by atoms with van der Waals surface area (Å²) in [7, 11) is 0. The molecule has 0 spiro atoms. The SMILES string of the molecule is CCOC(=O)c1cn(CN2CCN(Cc3cccc(C)c3)CC2)nc1C. The fourth-order valence-corrected chi connectivity index (χ4v) is 3.36. The highest BCUT2D eigenvalue weighted by Gasteiger charge is 2.19. The molecule has 0 amide bonds. The van der Waals surface area contributed by atoms with Crippen LogP contribution < -0.4 is 0 Å². The molecule has 140 valence electrons. The summed E-state index contributed by atoms with van der Waals surface area (Å²) >= 11 is 0. The van der Waals surface area contributed by atoms with Crippen molar-refractivity contribution in [2.75, 3.05) is 32.8 Å². The third-order valence-corrected chi connectivity index (χ3v) is 4.74. The van der Waals surface area contributed by atoms with E-state index in [2.05, 4.69) is 46.1 Å². The summed E-state index contributed by atoms with van der Waals surface area (Å²) in [5, 5.41) is 4.47. The standard InChI is InChI=1S/C20H28N4O2/c1-4-26-20(25)19-14-24(21-17(19)3)15-23-10-8-22(9-11-23)13-18-7-5-6-16(2)12-18/h5-7,12,14H,4,8-11,13,15H2,1-3H3. The molecular weight excluding hydrogens is 328 g/mol. The van der Waals surface area contributed by atoms with Crippen molar-refractivity contribution < 1.29 is 9.53 Å². The summed E-state index contributed by atoms with van der Waals surface area (Å²) in [6.45, 7) is 12.0. The van der Waals surface area contributed by atoms with E-state index in [0.717, 1.165) is 38.4 Å². The van der Waals surface area contributed by atoms with Gasteiger partial charge in [-0.1, -0.05) is 29.8 Å². The summed E-state index contributed by atoms with van der Waals surface area (Å²) < 4.78 is 6.92. The zero-order valence-corrected chi connectivity index (χ0v) is 15.9. The van der Waals surface area contributed by atoms with Crippen LogP contribution in [0.4, 0.5) is 0 Å². The molecule has 2 aromatic rings. The first kappa shape index (κ1) is 18.6. The van der Waals surface area contributed by atoms with Gasteiger partial charge in [0.1, 0.15) is 5.56 Å². The highest BCUT2D eigenvalue weighted by molar-refractivity contribution is 5.90. The molecule has 0 unspecified atom stereocenters. The Balaban J connectivity index is 1.51. The second-order valence-electron chi connectivity index (χ2n) is 6.91.